The van der Waals surface area contributed by atoms with Gasteiger partial charge >= 0.3 is 6.03 Å². The third-order valence-electron chi connectivity index (χ3n) is 7.06. The van der Waals surface area contributed by atoms with Gasteiger partial charge in [0.1, 0.15) is 5.82 Å². The van der Waals surface area contributed by atoms with Crippen molar-refractivity contribution in [2.24, 2.45) is 0 Å². The number of fused-ring (bicyclic) bond motifs is 3. The SMILES string of the molecule is CN1CCc2c(nc(-c3ccc(NC(=O)Nc4ccncc4)cc3)nc2N2C3CCC2COC3)C1. The first-order valence-corrected chi connectivity index (χ1v) is 12.2. The molecule has 9 nitrogen and oxygen atoms in total. The van der Waals surface area contributed by atoms with Crippen LogP contribution in [0, 0.1) is 0 Å². The molecule has 2 fully saturated rings. The van der Waals surface area contributed by atoms with Gasteiger partial charge in [-0.15, -0.1) is 0 Å². The number of rotatable bonds is 4. The minimum absolute atomic E-state index is 0.304. The topological polar surface area (TPSA) is 95.5 Å². The van der Waals surface area contributed by atoms with Gasteiger partial charge in [0.25, 0.3) is 0 Å². The van der Waals surface area contributed by atoms with Crippen LogP contribution >= 0.6 is 0 Å². The quantitative estimate of drug-likeness (QED) is 0.601. The Morgan fingerprint density at radius 2 is 1.66 bits per heavy atom. The first-order chi connectivity index (χ1) is 17.1. The Morgan fingerprint density at radius 3 is 2.37 bits per heavy atom. The number of benzene rings is 1. The fourth-order valence-electron chi connectivity index (χ4n) is 5.29. The van der Waals surface area contributed by atoms with Gasteiger partial charge in [-0.05, 0) is 62.7 Å². The van der Waals surface area contributed by atoms with Gasteiger partial charge < -0.3 is 25.2 Å². The third kappa shape index (κ3) is 4.44. The second-order valence-corrected chi connectivity index (χ2v) is 9.51. The minimum Gasteiger partial charge on any atom is -0.377 e. The molecule has 3 aliphatic heterocycles. The smallest absolute Gasteiger partial charge is 0.323 e. The van der Waals surface area contributed by atoms with Crippen LogP contribution in [0.4, 0.5) is 22.0 Å². The van der Waals surface area contributed by atoms with E-state index in [0.717, 1.165) is 68.5 Å². The lowest BCUT2D eigenvalue weighted by atomic mass is 10.0. The van der Waals surface area contributed by atoms with Gasteiger partial charge in [-0.3, -0.25) is 4.98 Å². The van der Waals surface area contributed by atoms with Crippen LogP contribution in [0.1, 0.15) is 24.1 Å². The van der Waals surface area contributed by atoms with E-state index in [1.807, 2.05) is 24.3 Å². The molecule has 2 bridgehead atoms. The van der Waals surface area contributed by atoms with Crippen molar-refractivity contribution >= 4 is 23.2 Å². The molecule has 2 atom stereocenters. The Morgan fingerprint density at radius 1 is 0.971 bits per heavy atom. The summed E-state index contributed by atoms with van der Waals surface area (Å²) in [5.74, 6) is 1.82. The second kappa shape index (κ2) is 9.24. The van der Waals surface area contributed by atoms with Gasteiger partial charge in [0, 0.05) is 48.0 Å². The highest BCUT2D eigenvalue weighted by Gasteiger charge is 2.40. The predicted octanol–water partition coefficient (Wildman–Crippen LogP) is 3.54. The summed E-state index contributed by atoms with van der Waals surface area (Å²) in [7, 11) is 2.14. The number of hydrogen-bond acceptors (Lipinski definition) is 7. The molecule has 1 aromatic carbocycles. The largest absolute Gasteiger partial charge is 0.377 e. The molecule has 2 N–H and O–H groups in total. The van der Waals surface area contributed by atoms with E-state index in [-0.39, 0.29) is 6.03 Å². The second-order valence-electron chi connectivity index (χ2n) is 9.51. The number of anilines is 3. The molecule has 3 aromatic rings. The number of nitrogens with zero attached hydrogens (tertiary/aromatic N) is 5. The highest BCUT2D eigenvalue weighted by atomic mass is 16.5. The Bertz CT molecular complexity index is 1200. The zero-order valence-corrected chi connectivity index (χ0v) is 19.8. The van der Waals surface area contributed by atoms with E-state index in [1.54, 1.807) is 24.5 Å². The Balaban J connectivity index is 1.27. The van der Waals surface area contributed by atoms with Crippen molar-refractivity contribution in [3.8, 4) is 11.4 Å². The van der Waals surface area contributed by atoms with E-state index in [1.165, 1.54) is 5.56 Å². The number of morpholine rings is 1. The fraction of sp³-hybridized carbons (Fsp3) is 0.385. The van der Waals surface area contributed by atoms with Crippen molar-refractivity contribution < 1.29 is 9.53 Å². The zero-order valence-electron chi connectivity index (χ0n) is 19.8. The molecule has 0 spiro atoms. The van der Waals surface area contributed by atoms with E-state index in [4.69, 9.17) is 14.7 Å². The molecule has 2 unspecified atom stereocenters. The van der Waals surface area contributed by atoms with Crippen molar-refractivity contribution in [2.75, 3.05) is 42.3 Å². The highest BCUT2D eigenvalue weighted by molar-refractivity contribution is 5.99. The molecule has 5 heterocycles. The van der Waals surface area contributed by atoms with Crippen LogP contribution in [0.5, 0.6) is 0 Å². The summed E-state index contributed by atoms with van der Waals surface area (Å²) in [6.07, 6.45) is 6.55. The fourth-order valence-corrected chi connectivity index (χ4v) is 5.29. The zero-order chi connectivity index (χ0) is 23.8. The Labute approximate surface area is 204 Å². The van der Waals surface area contributed by atoms with E-state index in [2.05, 4.69) is 32.5 Å². The molecule has 2 saturated heterocycles. The monoisotopic (exact) mass is 471 g/mol. The average Bonchev–Trinajstić information content (AvgIpc) is 3.11. The molecule has 180 valence electrons. The summed E-state index contributed by atoms with van der Waals surface area (Å²) in [5, 5.41) is 5.67. The van der Waals surface area contributed by atoms with Gasteiger partial charge in [-0.25, -0.2) is 14.8 Å². The molecule has 6 rings (SSSR count). The highest BCUT2D eigenvalue weighted by Crippen LogP contribution is 2.38. The van der Waals surface area contributed by atoms with Gasteiger partial charge in [0.05, 0.1) is 31.0 Å². The molecule has 9 heteroatoms. The first-order valence-electron chi connectivity index (χ1n) is 12.2. The Hall–Kier alpha value is -3.56. The number of carbonyl (C=O) groups excluding carboxylic acids is 1. The summed E-state index contributed by atoms with van der Waals surface area (Å²) < 4.78 is 5.83. The molecule has 0 radical (unpaired) electrons. The van der Waals surface area contributed by atoms with Crippen molar-refractivity contribution in [2.45, 2.75) is 37.9 Å². The predicted molar refractivity (Wildman–Crippen MR) is 134 cm³/mol. The lowest BCUT2D eigenvalue weighted by Gasteiger charge is -2.38. The molecule has 2 amide bonds. The molecule has 0 saturated carbocycles. The van der Waals surface area contributed by atoms with Gasteiger partial charge in [-0.1, -0.05) is 0 Å². The number of nitrogens with one attached hydrogen (secondary N) is 2. The lowest BCUT2D eigenvalue weighted by Crippen LogP contribution is -2.47. The van der Waals surface area contributed by atoms with Gasteiger partial charge in [0.2, 0.25) is 0 Å². The molecule has 35 heavy (non-hydrogen) atoms. The number of ether oxygens (including phenoxy) is 1. The Kier molecular flexibility index (Phi) is 5.79. The maximum Gasteiger partial charge on any atom is 0.323 e. The number of carbonyl (C=O) groups is 1. The minimum atomic E-state index is -0.304. The number of pyridine rings is 1. The lowest BCUT2D eigenvalue weighted by molar-refractivity contribution is 0.0900. The molecule has 3 aliphatic rings. The number of aromatic nitrogens is 3. The van der Waals surface area contributed by atoms with Crippen molar-refractivity contribution in [1.82, 2.24) is 19.9 Å². The standard InChI is InChI=1S/C26H29N7O2/c1-32-13-10-22-23(14-32)30-24(31-25(22)33-20-6-7-21(33)16-35-15-20)17-2-4-18(5-3-17)28-26(34)29-19-8-11-27-12-9-19/h2-5,8-9,11-12,20-21H,6-7,10,13-16H2,1H3,(H2,27,28,29,34). The van der Waals surface area contributed by atoms with Crippen LogP contribution in [0.3, 0.4) is 0 Å². The molecule has 0 aliphatic carbocycles. The molecule has 2 aromatic heterocycles. The van der Waals surface area contributed by atoms with Crippen LogP contribution in [0.25, 0.3) is 11.4 Å². The molecular weight excluding hydrogens is 442 g/mol. The summed E-state index contributed by atoms with van der Waals surface area (Å²) >= 11 is 0. The normalized spacial score (nSPS) is 21.5. The van der Waals surface area contributed by atoms with Crippen LogP contribution in [0.2, 0.25) is 0 Å². The van der Waals surface area contributed by atoms with Crippen LogP contribution in [0.15, 0.2) is 48.8 Å². The number of likely N-dealkylation sites (N-methyl/N-ethyl adjacent to an activating group) is 1. The van der Waals surface area contributed by atoms with Gasteiger partial charge in [-0.2, -0.15) is 0 Å². The summed E-state index contributed by atoms with van der Waals surface area (Å²) in [6, 6.07) is 11.7. The van der Waals surface area contributed by atoms with Crippen molar-refractivity contribution in [3.63, 3.8) is 0 Å². The third-order valence-corrected chi connectivity index (χ3v) is 7.06. The maximum absolute atomic E-state index is 12.3. The summed E-state index contributed by atoms with van der Waals surface area (Å²) in [6.45, 7) is 3.38. The summed E-state index contributed by atoms with van der Waals surface area (Å²) in [5.41, 5.74) is 4.72. The van der Waals surface area contributed by atoms with Crippen LogP contribution in [-0.4, -0.2) is 64.8 Å². The van der Waals surface area contributed by atoms with E-state index >= 15 is 0 Å². The van der Waals surface area contributed by atoms with E-state index in [0.29, 0.717) is 23.5 Å². The van der Waals surface area contributed by atoms with Crippen molar-refractivity contribution in [3.05, 3.63) is 60.0 Å². The summed E-state index contributed by atoms with van der Waals surface area (Å²) in [4.78, 5) is 31.2. The average molecular weight is 472 g/mol. The number of amides is 2. The van der Waals surface area contributed by atoms with E-state index in [9.17, 15) is 4.79 Å². The van der Waals surface area contributed by atoms with Crippen molar-refractivity contribution in [1.29, 1.82) is 0 Å². The van der Waals surface area contributed by atoms with Crippen LogP contribution in [-0.2, 0) is 17.7 Å². The molecular formula is C26H29N7O2. The maximum atomic E-state index is 12.3. The first kappa shape index (κ1) is 21.9. The van der Waals surface area contributed by atoms with E-state index < -0.39 is 0 Å². The number of urea groups is 1. The number of hydrogen-bond donors (Lipinski definition) is 2. The van der Waals surface area contributed by atoms with Gasteiger partial charge in [0.15, 0.2) is 5.82 Å². The van der Waals surface area contributed by atoms with Crippen LogP contribution < -0.4 is 15.5 Å².